The van der Waals surface area contributed by atoms with Crippen molar-refractivity contribution in [2.45, 2.75) is 31.9 Å². The summed E-state index contributed by atoms with van der Waals surface area (Å²) in [5.41, 5.74) is 1.24. The number of rotatable bonds is 4. The number of hydrogen-bond donors (Lipinski definition) is 0. The molecule has 82 valence electrons. The van der Waals surface area contributed by atoms with Crippen molar-refractivity contribution in [3.63, 3.8) is 0 Å². The zero-order valence-electron chi connectivity index (χ0n) is 9.34. The van der Waals surface area contributed by atoms with Crippen LogP contribution in [0.25, 0.3) is 0 Å². The molecule has 1 rings (SSSR count). The monoisotopic (exact) mass is 232 g/mol. The van der Waals surface area contributed by atoms with Crippen molar-refractivity contribution < 1.29 is 4.74 Å². The molecule has 1 fully saturated rings. The molecule has 0 saturated carbocycles. The molecule has 1 atom stereocenters. The van der Waals surface area contributed by atoms with Gasteiger partial charge in [0.2, 0.25) is 0 Å². The minimum atomic E-state index is 0.370. The van der Waals surface area contributed by atoms with Gasteiger partial charge < -0.3 is 4.74 Å². The maximum atomic E-state index is 5.63. The van der Waals surface area contributed by atoms with Crippen molar-refractivity contribution in [1.29, 1.82) is 0 Å². The molecule has 0 N–H and O–H groups in total. The molecule has 1 nitrogen and oxygen atoms in total. The third-order valence-electron chi connectivity index (χ3n) is 2.31. The first-order chi connectivity index (χ1) is 6.68. The summed E-state index contributed by atoms with van der Waals surface area (Å²) in [7, 11) is 0. The number of hydrogen-bond acceptors (Lipinski definition) is 3. The van der Waals surface area contributed by atoms with Crippen LogP contribution in [0.15, 0.2) is 11.8 Å². The molecule has 0 bridgehead atoms. The van der Waals surface area contributed by atoms with E-state index in [4.69, 9.17) is 4.74 Å². The van der Waals surface area contributed by atoms with Gasteiger partial charge in [0.05, 0.1) is 11.0 Å². The SMILES string of the molecule is CCC1(COC=C(C)C)CSCCS1. The second-order valence-corrected chi connectivity index (χ2v) is 6.61. The average molecular weight is 232 g/mol. The third kappa shape index (κ3) is 3.77. The van der Waals surface area contributed by atoms with Crippen LogP contribution in [0.2, 0.25) is 0 Å². The van der Waals surface area contributed by atoms with Crippen molar-refractivity contribution >= 4 is 23.5 Å². The van der Waals surface area contributed by atoms with Gasteiger partial charge in [-0.1, -0.05) is 6.92 Å². The molecule has 1 aliphatic rings. The average Bonchev–Trinajstić information content (AvgIpc) is 2.19. The zero-order valence-corrected chi connectivity index (χ0v) is 11.0. The normalized spacial score (nSPS) is 27.1. The standard InChI is InChI=1S/C11H20OS2/c1-4-11(8-12-7-10(2)3)9-13-5-6-14-11/h7H,4-6,8-9H2,1-3H3. The van der Waals surface area contributed by atoms with E-state index in [2.05, 4.69) is 44.3 Å². The molecule has 1 heterocycles. The Morgan fingerprint density at radius 3 is 2.71 bits per heavy atom. The van der Waals surface area contributed by atoms with Crippen LogP contribution >= 0.6 is 23.5 Å². The van der Waals surface area contributed by atoms with Gasteiger partial charge in [0, 0.05) is 17.3 Å². The van der Waals surface area contributed by atoms with Crippen LogP contribution in [-0.2, 0) is 4.74 Å². The van der Waals surface area contributed by atoms with Gasteiger partial charge >= 0.3 is 0 Å². The third-order valence-corrected chi connectivity index (χ3v) is 5.57. The molecule has 3 heteroatoms. The van der Waals surface area contributed by atoms with Crippen molar-refractivity contribution in [2.75, 3.05) is 23.9 Å². The lowest BCUT2D eigenvalue weighted by Crippen LogP contribution is -2.36. The predicted octanol–water partition coefficient (Wildman–Crippen LogP) is 3.56. The van der Waals surface area contributed by atoms with E-state index in [-0.39, 0.29) is 0 Å². The summed E-state index contributed by atoms with van der Waals surface area (Å²) in [5, 5.41) is 0. The fourth-order valence-electron chi connectivity index (χ4n) is 1.37. The van der Waals surface area contributed by atoms with Crippen molar-refractivity contribution in [3.05, 3.63) is 11.8 Å². The Hall–Kier alpha value is 0.240. The molecule has 0 radical (unpaired) electrons. The Labute approximate surface area is 96.1 Å². The minimum Gasteiger partial charge on any atom is -0.500 e. The smallest absolute Gasteiger partial charge is 0.103 e. The molecule has 0 aliphatic carbocycles. The van der Waals surface area contributed by atoms with Crippen LogP contribution in [0.5, 0.6) is 0 Å². The molecular formula is C11H20OS2. The van der Waals surface area contributed by atoms with E-state index < -0.39 is 0 Å². The Morgan fingerprint density at radius 1 is 1.43 bits per heavy atom. The molecule has 1 aliphatic heterocycles. The summed E-state index contributed by atoms with van der Waals surface area (Å²) in [6.07, 6.45) is 3.10. The second-order valence-electron chi connectivity index (χ2n) is 3.94. The van der Waals surface area contributed by atoms with Gasteiger partial charge in [-0.3, -0.25) is 0 Å². The quantitative estimate of drug-likeness (QED) is 0.686. The Morgan fingerprint density at radius 2 is 2.21 bits per heavy atom. The highest BCUT2D eigenvalue weighted by Crippen LogP contribution is 2.37. The Bertz CT molecular complexity index is 191. The highest BCUT2D eigenvalue weighted by Gasteiger charge is 2.31. The van der Waals surface area contributed by atoms with Crippen LogP contribution < -0.4 is 0 Å². The summed E-state index contributed by atoms with van der Waals surface area (Å²) in [6.45, 7) is 7.28. The molecule has 0 aromatic heterocycles. The molecule has 14 heavy (non-hydrogen) atoms. The van der Waals surface area contributed by atoms with Crippen LogP contribution in [0.4, 0.5) is 0 Å². The summed E-state index contributed by atoms with van der Waals surface area (Å²) < 4.78 is 6.00. The van der Waals surface area contributed by atoms with E-state index in [0.29, 0.717) is 4.75 Å². The summed E-state index contributed by atoms with van der Waals surface area (Å²) in [4.78, 5) is 0. The molecule has 0 amide bonds. The molecule has 1 saturated heterocycles. The minimum absolute atomic E-state index is 0.370. The van der Waals surface area contributed by atoms with E-state index in [1.807, 2.05) is 6.26 Å². The molecule has 0 aromatic rings. The van der Waals surface area contributed by atoms with E-state index in [1.54, 1.807) is 0 Å². The van der Waals surface area contributed by atoms with Crippen LogP contribution in [-0.4, -0.2) is 28.6 Å². The van der Waals surface area contributed by atoms with Gasteiger partial charge in [0.1, 0.15) is 6.61 Å². The summed E-state index contributed by atoms with van der Waals surface area (Å²) in [5.74, 6) is 3.82. The Kier molecular flexibility index (Phi) is 5.24. The summed E-state index contributed by atoms with van der Waals surface area (Å²) in [6, 6.07) is 0. The Balaban J connectivity index is 2.40. The largest absolute Gasteiger partial charge is 0.500 e. The first-order valence-corrected chi connectivity index (χ1v) is 7.29. The number of allylic oxidation sites excluding steroid dienone is 1. The van der Waals surface area contributed by atoms with E-state index in [0.717, 1.165) is 6.61 Å². The van der Waals surface area contributed by atoms with Gasteiger partial charge in [0.25, 0.3) is 0 Å². The lowest BCUT2D eigenvalue weighted by molar-refractivity contribution is 0.215. The maximum Gasteiger partial charge on any atom is 0.103 e. The van der Waals surface area contributed by atoms with Gasteiger partial charge in [0.15, 0.2) is 0 Å². The van der Waals surface area contributed by atoms with E-state index in [9.17, 15) is 0 Å². The van der Waals surface area contributed by atoms with Gasteiger partial charge in [-0.2, -0.15) is 11.8 Å². The highest BCUT2D eigenvalue weighted by atomic mass is 32.2. The van der Waals surface area contributed by atoms with E-state index >= 15 is 0 Å². The van der Waals surface area contributed by atoms with Gasteiger partial charge in [-0.15, -0.1) is 11.8 Å². The van der Waals surface area contributed by atoms with Crippen LogP contribution in [0.1, 0.15) is 27.2 Å². The predicted molar refractivity (Wildman–Crippen MR) is 68.2 cm³/mol. The van der Waals surface area contributed by atoms with Crippen LogP contribution in [0, 0.1) is 0 Å². The lowest BCUT2D eigenvalue weighted by Gasteiger charge is -2.34. The summed E-state index contributed by atoms with van der Waals surface area (Å²) >= 11 is 4.15. The van der Waals surface area contributed by atoms with Crippen LogP contribution in [0.3, 0.4) is 0 Å². The first kappa shape index (κ1) is 12.3. The zero-order chi connectivity index (χ0) is 10.4. The molecular weight excluding hydrogens is 212 g/mol. The number of ether oxygens (including phenoxy) is 1. The lowest BCUT2D eigenvalue weighted by atomic mass is 10.1. The van der Waals surface area contributed by atoms with Crippen molar-refractivity contribution in [2.24, 2.45) is 0 Å². The fraction of sp³-hybridized carbons (Fsp3) is 0.818. The number of thioether (sulfide) groups is 2. The van der Waals surface area contributed by atoms with E-state index in [1.165, 1.54) is 29.3 Å². The van der Waals surface area contributed by atoms with Crippen molar-refractivity contribution in [3.8, 4) is 0 Å². The molecule has 1 unspecified atom stereocenters. The first-order valence-electron chi connectivity index (χ1n) is 5.15. The van der Waals surface area contributed by atoms with Crippen molar-refractivity contribution in [1.82, 2.24) is 0 Å². The highest BCUT2D eigenvalue weighted by molar-refractivity contribution is 8.07. The molecule has 0 spiro atoms. The van der Waals surface area contributed by atoms with Gasteiger partial charge in [-0.25, -0.2) is 0 Å². The maximum absolute atomic E-state index is 5.63. The molecule has 0 aromatic carbocycles. The second kappa shape index (κ2) is 5.96. The fourth-order valence-corrected chi connectivity index (χ4v) is 4.35. The topological polar surface area (TPSA) is 9.23 Å². The van der Waals surface area contributed by atoms with Gasteiger partial charge in [-0.05, 0) is 25.8 Å².